The van der Waals surface area contributed by atoms with E-state index in [9.17, 15) is 0 Å². The van der Waals surface area contributed by atoms with Gasteiger partial charge < -0.3 is 14.7 Å². The van der Waals surface area contributed by atoms with Crippen LogP contribution in [0.1, 0.15) is 119 Å². The Bertz CT molecular complexity index is 622. The first-order valence-corrected chi connectivity index (χ1v) is 24.2. The van der Waals surface area contributed by atoms with Crippen molar-refractivity contribution in [3.8, 4) is 0 Å². The Kier molecular flexibility index (Phi) is 32.7. The Morgan fingerprint density at radius 2 is 0.714 bits per heavy atom. The fraction of sp³-hybridized carbons (Fsp3) is 0.900. The van der Waals surface area contributed by atoms with Gasteiger partial charge in [0.15, 0.2) is 0 Å². The van der Waals surface area contributed by atoms with Crippen molar-refractivity contribution in [3.63, 3.8) is 0 Å². The SMILES string of the molecule is CCCCN(CCCC)C(=S)SSCC(CSSC(=S)N(CCCC)CCCC)SSC(=S)N(CCCC)CCCC. The fourth-order valence-corrected chi connectivity index (χ4v) is 13.5. The predicted molar refractivity (Wildman–Crippen MR) is 221 cm³/mol. The zero-order valence-corrected chi connectivity index (χ0v) is 34.6. The van der Waals surface area contributed by atoms with Gasteiger partial charge in [0.2, 0.25) is 0 Å². The highest BCUT2D eigenvalue weighted by molar-refractivity contribution is 8.86. The van der Waals surface area contributed by atoms with Gasteiger partial charge in [-0.2, -0.15) is 0 Å². The second kappa shape index (κ2) is 31.4. The Morgan fingerprint density at radius 3 is 0.976 bits per heavy atom. The summed E-state index contributed by atoms with van der Waals surface area (Å²) in [6, 6.07) is 0. The summed E-state index contributed by atoms with van der Waals surface area (Å²) in [5, 5.41) is 0.465. The van der Waals surface area contributed by atoms with Crippen LogP contribution in [0.3, 0.4) is 0 Å². The van der Waals surface area contributed by atoms with Crippen molar-refractivity contribution < 1.29 is 0 Å². The summed E-state index contributed by atoms with van der Waals surface area (Å²) in [4.78, 5) is 7.29. The van der Waals surface area contributed by atoms with Gasteiger partial charge in [0.05, 0.1) is 0 Å². The molecule has 0 heterocycles. The largest absolute Gasteiger partial charge is 0.357 e. The number of unbranched alkanes of at least 4 members (excludes halogenated alkanes) is 6. The number of rotatable bonds is 26. The van der Waals surface area contributed by atoms with E-state index in [1.807, 2.05) is 43.2 Å². The van der Waals surface area contributed by atoms with E-state index in [4.69, 9.17) is 36.7 Å². The number of hydrogen-bond acceptors (Lipinski definition) is 9. The third kappa shape index (κ3) is 23.1. The minimum absolute atomic E-state index is 0.465. The summed E-state index contributed by atoms with van der Waals surface area (Å²) < 4.78 is 3.14. The van der Waals surface area contributed by atoms with Crippen LogP contribution in [-0.4, -0.2) is 83.7 Å². The monoisotopic (exact) mass is 749 g/mol. The smallest absolute Gasteiger partial charge is 0.147 e. The number of hydrogen-bond donors (Lipinski definition) is 0. The zero-order valence-electron chi connectivity index (χ0n) is 27.2. The third-order valence-electron chi connectivity index (χ3n) is 6.49. The van der Waals surface area contributed by atoms with Crippen LogP contribution in [0.15, 0.2) is 0 Å². The lowest BCUT2D eigenvalue weighted by Gasteiger charge is -2.26. The van der Waals surface area contributed by atoms with Crippen molar-refractivity contribution in [1.82, 2.24) is 14.7 Å². The Balaban J connectivity index is 5.21. The van der Waals surface area contributed by atoms with E-state index in [0.717, 1.165) is 63.7 Å². The number of nitrogens with zero attached hydrogens (tertiary/aromatic N) is 3. The quantitative estimate of drug-likeness (QED) is 0.0616. The van der Waals surface area contributed by atoms with E-state index >= 15 is 0 Å². The summed E-state index contributed by atoms with van der Waals surface area (Å²) in [6.07, 6.45) is 14.4. The maximum atomic E-state index is 5.95. The minimum Gasteiger partial charge on any atom is -0.357 e. The Hall–Kier alpha value is 1.77. The lowest BCUT2D eigenvalue weighted by atomic mass is 10.3. The van der Waals surface area contributed by atoms with Crippen LogP contribution >= 0.6 is 101 Å². The molecule has 0 aromatic heterocycles. The molecule has 0 saturated carbocycles. The van der Waals surface area contributed by atoms with Gasteiger partial charge in [-0.3, -0.25) is 0 Å². The maximum Gasteiger partial charge on any atom is 0.147 e. The molecule has 0 saturated heterocycles. The second-order valence-corrected chi connectivity index (χ2v) is 19.5. The summed E-state index contributed by atoms with van der Waals surface area (Å²) in [5.74, 6) is 2.08. The van der Waals surface area contributed by atoms with E-state index in [-0.39, 0.29) is 0 Å². The van der Waals surface area contributed by atoms with Gasteiger partial charge in [-0.15, -0.1) is 0 Å². The minimum atomic E-state index is 0.465. The van der Waals surface area contributed by atoms with E-state index in [1.54, 1.807) is 21.6 Å². The first-order valence-electron chi connectivity index (χ1n) is 16.2. The molecule has 3 nitrogen and oxygen atoms in total. The average Bonchev–Trinajstić information content (AvgIpc) is 2.99. The van der Waals surface area contributed by atoms with Gasteiger partial charge in [0.1, 0.15) is 13.0 Å². The van der Waals surface area contributed by atoms with Gasteiger partial charge in [0, 0.05) is 56.0 Å². The topological polar surface area (TPSA) is 9.72 Å². The van der Waals surface area contributed by atoms with Crippen LogP contribution < -0.4 is 0 Å². The van der Waals surface area contributed by atoms with Crippen molar-refractivity contribution in [3.05, 3.63) is 0 Å². The summed E-state index contributed by atoms with van der Waals surface area (Å²) >= 11 is 17.7. The summed E-state index contributed by atoms with van der Waals surface area (Å²) in [5.41, 5.74) is 0. The molecular formula is C30H59N3S9. The molecule has 0 spiro atoms. The lowest BCUT2D eigenvalue weighted by molar-refractivity contribution is 0.411. The van der Waals surface area contributed by atoms with Crippen molar-refractivity contribution in [2.24, 2.45) is 0 Å². The molecule has 0 amide bonds. The molecule has 0 N–H and O–H groups in total. The Morgan fingerprint density at radius 1 is 0.452 bits per heavy atom. The van der Waals surface area contributed by atoms with Gasteiger partial charge >= 0.3 is 0 Å². The number of thiocarbonyl (C=S) groups is 3. The van der Waals surface area contributed by atoms with Crippen LogP contribution in [-0.2, 0) is 0 Å². The predicted octanol–water partition coefficient (Wildman–Crippen LogP) is 12.1. The molecule has 248 valence electrons. The van der Waals surface area contributed by atoms with Crippen molar-refractivity contribution in [1.29, 1.82) is 0 Å². The highest BCUT2D eigenvalue weighted by atomic mass is 33.1. The fourth-order valence-electron chi connectivity index (χ4n) is 3.67. The average molecular weight is 750 g/mol. The van der Waals surface area contributed by atoms with E-state index in [0.29, 0.717) is 5.25 Å². The molecule has 0 aromatic rings. The van der Waals surface area contributed by atoms with Gasteiger partial charge in [-0.1, -0.05) is 149 Å². The molecule has 0 unspecified atom stereocenters. The first-order chi connectivity index (χ1) is 20.4. The molecule has 0 radical (unpaired) electrons. The molecular weight excluding hydrogens is 691 g/mol. The molecule has 0 rings (SSSR count). The van der Waals surface area contributed by atoms with E-state index in [2.05, 4.69) is 56.2 Å². The standard InChI is InChI=1S/C30H59N3S9/c1-7-13-19-31(20-14-8-2)28(34)40-37-25-27(39-42-30(36)33(23-17-11-5)24-18-12-6)26-38-41-29(35)32(21-15-9-3)22-16-10-4/h27H,7-26H2,1-6H3. The van der Waals surface area contributed by atoms with Crippen LogP contribution in [0.2, 0.25) is 0 Å². The Labute approximate surface area is 301 Å². The van der Waals surface area contributed by atoms with E-state index < -0.39 is 0 Å². The molecule has 0 fully saturated rings. The van der Waals surface area contributed by atoms with Crippen molar-refractivity contribution in [2.45, 2.75) is 124 Å². The highest BCUT2D eigenvalue weighted by Gasteiger charge is 2.19. The zero-order chi connectivity index (χ0) is 31.4. The second-order valence-electron chi connectivity index (χ2n) is 10.4. The molecule has 42 heavy (non-hydrogen) atoms. The molecule has 12 heteroatoms. The molecule has 0 aliphatic carbocycles. The molecule has 0 atom stereocenters. The summed E-state index contributed by atoms with van der Waals surface area (Å²) in [7, 11) is 11.2. The molecule has 0 aliphatic heterocycles. The highest BCUT2D eigenvalue weighted by Crippen LogP contribution is 2.39. The van der Waals surface area contributed by atoms with Gasteiger partial charge in [0.25, 0.3) is 0 Å². The van der Waals surface area contributed by atoms with Crippen LogP contribution in [0.4, 0.5) is 0 Å². The molecule has 0 aliphatic rings. The van der Waals surface area contributed by atoms with Crippen LogP contribution in [0.5, 0.6) is 0 Å². The summed E-state index contributed by atoms with van der Waals surface area (Å²) in [6.45, 7) is 20.0. The molecule has 0 aromatic carbocycles. The lowest BCUT2D eigenvalue weighted by Crippen LogP contribution is -2.30. The third-order valence-corrected chi connectivity index (χ3v) is 16.7. The first kappa shape index (κ1) is 43.8. The van der Waals surface area contributed by atoms with Crippen molar-refractivity contribution >= 4 is 114 Å². The van der Waals surface area contributed by atoms with Gasteiger partial charge in [-0.25, -0.2) is 0 Å². The van der Waals surface area contributed by atoms with Crippen LogP contribution in [0, 0.1) is 0 Å². The normalized spacial score (nSPS) is 11.2. The molecule has 0 bridgehead atoms. The van der Waals surface area contributed by atoms with Crippen molar-refractivity contribution in [2.75, 3.05) is 50.8 Å². The maximum absolute atomic E-state index is 5.95. The van der Waals surface area contributed by atoms with E-state index in [1.165, 1.54) is 77.0 Å². The van der Waals surface area contributed by atoms with Crippen LogP contribution in [0.25, 0.3) is 0 Å². The van der Waals surface area contributed by atoms with Gasteiger partial charge in [-0.05, 0) is 70.9 Å².